The summed E-state index contributed by atoms with van der Waals surface area (Å²) in [5.41, 5.74) is 1.21. The lowest BCUT2D eigenvalue weighted by molar-refractivity contribution is -0.146. The second-order valence-electron chi connectivity index (χ2n) is 4.49. The monoisotopic (exact) mass is 249 g/mol. The molecule has 1 aromatic rings. The summed E-state index contributed by atoms with van der Waals surface area (Å²) in [7, 11) is 0. The van der Waals surface area contributed by atoms with Gasteiger partial charge in [-0.2, -0.15) is 0 Å². The standard InChI is InChI=1S/C14H19NO3/c1-10(15-13(16)11(2)14(17)18)8-9-12-6-4-3-5-7-12/h3-7,10-11H,8-9H2,1-2H3,(H,15,16)(H,17,18). The molecular formula is C14H19NO3. The lowest BCUT2D eigenvalue weighted by atomic mass is 10.1. The third kappa shape index (κ3) is 4.57. The molecule has 0 spiro atoms. The minimum Gasteiger partial charge on any atom is -0.481 e. The smallest absolute Gasteiger partial charge is 0.315 e. The van der Waals surface area contributed by atoms with E-state index in [0.717, 1.165) is 12.8 Å². The molecule has 0 saturated carbocycles. The van der Waals surface area contributed by atoms with Gasteiger partial charge in [0.15, 0.2) is 0 Å². The topological polar surface area (TPSA) is 66.4 Å². The van der Waals surface area contributed by atoms with Gasteiger partial charge in [-0.15, -0.1) is 0 Å². The zero-order chi connectivity index (χ0) is 13.5. The molecule has 0 fully saturated rings. The molecule has 0 heterocycles. The first-order valence-corrected chi connectivity index (χ1v) is 6.08. The van der Waals surface area contributed by atoms with Gasteiger partial charge in [0, 0.05) is 6.04 Å². The van der Waals surface area contributed by atoms with E-state index in [0.29, 0.717) is 0 Å². The van der Waals surface area contributed by atoms with Crippen molar-refractivity contribution >= 4 is 11.9 Å². The summed E-state index contributed by atoms with van der Waals surface area (Å²) in [6.07, 6.45) is 1.66. The fourth-order valence-corrected chi connectivity index (χ4v) is 1.58. The second-order valence-corrected chi connectivity index (χ2v) is 4.49. The van der Waals surface area contributed by atoms with E-state index in [4.69, 9.17) is 5.11 Å². The zero-order valence-corrected chi connectivity index (χ0v) is 10.7. The zero-order valence-electron chi connectivity index (χ0n) is 10.7. The van der Waals surface area contributed by atoms with Crippen LogP contribution in [0.4, 0.5) is 0 Å². The van der Waals surface area contributed by atoms with Gasteiger partial charge in [0.25, 0.3) is 0 Å². The van der Waals surface area contributed by atoms with E-state index in [1.54, 1.807) is 0 Å². The van der Waals surface area contributed by atoms with Crippen molar-refractivity contribution in [1.82, 2.24) is 5.32 Å². The van der Waals surface area contributed by atoms with E-state index >= 15 is 0 Å². The summed E-state index contributed by atoms with van der Waals surface area (Å²) >= 11 is 0. The van der Waals surface area contributed by atoms with Crippen molar-refractivity contribution in [3.05, 3.63) is 35.9 Å². The van der Waals surface area contributed by atoms with Gasteiger partial charge in [-0.3, -0.25) is 9.59 Å². The second kappa shape index (κ2) is 6.79. The van der Waals surface area contributed by atoms with E-state index in [9.17, 15) is 9.59 Å². The summed E-state index contributed by atoms with van der Waals surface area (Å²) < 4.78 is 0. The molecule has 2 atom stereocenters. The number of rotatable bonds is 6. The molecule has 0 saturated heterocycles. The molecule has 2 unspecified atom stereocenters. The van der Waals surface area contributed by atoms with Crippen LogP contribution in [0.5, 0.6) is 0 Å². The maximum Gasteiger partial charge on any atom is 0.315 e. The molecule has 0 aliphatic heterocycles. The normalized spacial score (nSPS) is 13.7. The van der Waals surface area contributed by atoms with Crippen molar-refractivity contribution in [3.8, 4) is 0 Å². The van der Waals surface area contributed by atoms with Gasteiger partial charge in [-0.1, -0.05) is 30.3 Å². The highest BCUT2D eigenvalue weighted by Crippen LogP contribution is 2.05. The summed E-state index contributed by atoms with van der Waals surface area (Å²) in [5.74, 6) is -2.52. The predicted molar refractivity (Wildman–Crippen MR) is 69.2 cm³/mol. The first kappa shape index (κ1) is 14.2. The number of carboxylic acid groups (broad SMARTS) is 1. The largest absolute Gasteiger partial charge is 0.481 e. The molecule has 0 bridgehead atoms. The van der Waals surface area contributed by atoms with Crippen LogP contribution in [0.15, 0.2) is 30.3 Å². The number of nitrogens with one attached hydrogen (secondary N) is 1. The molecule has 4 heteroatoms. The van der Waals surface area contributed by atoms with Crippen LogP contribution in [0.3, 0.4) is 0 Å². The average molecular weight is 249 g/mol. The van der Waals surface area contributed by atoms with Gasteiger partial charge >= 0.3 is 5.97 Å². The van der Waals surface area contributed by atoms with Crippen LogP contribution in [0, 0.1) is 5.92 Å². The Labute approximate surface area is 107 Å². The average Bonchev–Trinajstić information content (AvgIpc) is 2.36. The van der Waals surface area contributed by atoms with Gasteiger partial charge in [0.2, 0.25) is 5.91 Å². The molecule has 18 heavy (non-hydrogen) atoms. The predicted octanol–water partition coefficient (Wildman–Crippen LogP) is 1.84. The van der Waals surface area contributed by atoms with Crippen molar-refractivity contribution in [2.75, 3.05) is 0 Å². The summed E-state index contributed by atoms with van der Waals surface area (Å²) in [6, 6.07) is 9.96. The van der Waals surface area contributed by atoms with Crippen LogP contribution in [0.25, 0.3) is 0 Å². The SMILES string of the molecule is CC(CCc1ccccc1)NC(=O)C(C)C(=O)O. The van der Waals surface area contributed by atoms with Crippen LogP contribution in [-0.2, 0) is 16.0 Å². The number of benzene rings is 1. The number of hydrogen-bond acceptors (Lipinski definition) is 2. The Hall–Kier alpha value is -1.84. The molecule has 98 valence electrons. The molecule has 4 nitrogen and oxygen atoms in total. The van der Waals surface area contributed by atoms with Crippen molar-refractivity contribution < 1.29 is 14.7 Å². The molecule has 0 radical (unpaired) electrons. The van der Waals surface area contributed by atoms with Crippen molar-refractivity contribution in [2.45, 2.75) is 32.7 Å². The van der Waals surface area contributed by atoms with Crippen molar-refractivity contribution in [2.24, 2.45) is 5.92 Å². The van der Waals surface area contributed by atoms with Crippen LogP contribution < -0.4 is 5.32 Å². The Balaban J connectivity index is 2.36. The van der Waals surface area contributed by atoms with Gasteiger partial charge in [0.05, 0.1) is 0 Å². The highest BCUT2D eigenvalue weighted by molar-refractivity contribution is 5.96. The van der Waals surface area contributed by atoms with Gasteiger partial charge < -0.3 is 10.4 Å². The summed E-state index contributed by atoms with van der Waals surface area (Å²) in [5, 5.41) is 11.4. The third-order valence-corrected chi connectivity index (χ3v) is 2.86. The first-order chi connectivity index (χ1) is 8.50. The Morgan fingerprint density at radius 2 is 1.83 bits per heavy atom. The van der Waals surface area contributed by atoms with E-state index in [-0.39, 0.29) is 6.04 Å². The molecule has 1 rings (SSSR count). The lowest BCUT2D eigenvalue weighted by Crippen LogP contribution is -2.39. The van der Waals surface area contributed by atoms with Crippen LogP contribution >= 0.6 is 0 Å². The fraction of sp³-hybridized carbons (Fsp3) is 0.429. The number of carbonyl (C=O) groups is 2. The molecule has 2 N–H and O–H groups in total. The van der Waals surface area contributed by atoms with E-state index in [1.165, 1.54) is 12.5 Å². The van der Waals surface area contributed by atoms with Crippen molar-refractivity contribution in [1.29, 1.82) is 0 Å². The van der Waals surface area contributed by atoms with E-state index < -0.39 is 17.8 Å². The third-order valence-electron chi connectivity index (χ3n) is 2.86. The quantitative estimate of drug-likeness (QED) is 0.756. The minimum atomic E-state index is -1.09. The van der Waals surface area contributed by atoms with E-state index in [1.807, 2.05) is 37.3 Å². The van der Waals surface area contributed by atoms with Crippen LogP contribution in [0.1, 0.15) is 25.8 Å². The number of carbonyl (C=O) groups excluding carboxylic acids is 1. The van der Waals surface area contributed by atoms with Crippen molar-refractivity contribution in [3.63, 3.8) is 0 Å². The Morgan fingerprint density at radius 3 is 2.39 bits per heavy atom. The number of amides is 1. The van der Waals surface area contributed by atoms with Crippen LogP contribution in [0.2, 0.25) is 0 Å². The molecule has 0 aromatic heterocycles. The number of aryl methyl sites for hydroxylation is 1. The maximum atomic E-state index is 11.5. The summed E-state index contributed by atoms with van der Waals surface area (Å²) in [6.45, 7) is 3.27. The van der Waals surface area contributed by atoms with E-state index in [2.05, 4.69) is 5.32 Å². The Bertz CT molecular complexity index is 403. The molecule has 0 aliphatic carbocycles. The van der Waals surface area contributed by atoms with Gasteiger partial charge in [-0.25, -0.2) is 0 Å². The van der Waals surface area contributed by atoms with Gasteiger partial charge in [-0.05, 0) is 32.3 Å². The summed E-state index contributed by atoms with van der Waals surface area (Å²) in [4.78, 5) is 22.2. The molecular weight excluding hydrogens is 230 g/mol. The first-order valence-electron chi connectivity index (χ1n) is 6.08. The Kier molecular flexibility index (Phi) is 5.36. The fourth-order valence-electron chi connectivity index (χ4n) is 1.58. The molecule has 0 aliphatic rings. The molecule has 1 amide bonds. The van der Waals surface area contributed by atoms with Gasteiger partial charge in [0.1, 0.15) is 5.92 Å². The maximum absolute atomic E-state index is 11.5. The Morgan fingerprint density at radius 1 is 1.22 bits per heavy atom. The minimum absolute atomic E-state index is 0.0282. The number of aliphatic carboxylic acids is 1. The van der Waals surface area contributed by atoms with Crippen LogP contribution in [-0.4, -0.2) is 23.0 Å². The number of carboxylic acids is 1. The highest BCUT2D eigenvalue weighted by Gasteiger charge is 2.21. The number of hydrogen-bond donors (Lipinski definition) is 2. The molecule has 1 aromatic carbocycles. The lowest BCUT2D eigenvalue weighted by Gasteiger charge is -2.15. The highest BCUT2D eigenvalue weighted by atomic mass is 16.4.